The number of phenols is 1. The van der Waals surface area contributed by atoms with Gasteiger partial charge in [-0.15, -0.1) is 0 Å². The summed E-state index contributed by atoms with van der Waals surface area (Å²) in [5, 5.41) is 11.4. The predicted molar refractivity (Wildman–Crippen MR) is 88.1 cm³/mol. The molecule has 2 aromatic carbocycles. The lowest BCUT2D eigenvalue weighted by Crippen LogP contribution is -2.23. The van der Waals surface area contributed by atoms with Crippen LogP contribution in [0.3, 0.4) is 0 Å². The molecule has 0 fully saturated rings. The van der Waals surface area contributed by atoms with Gasteiger partial charge in [0.05, 0.1) is 5.56 Å². The first-order valence-corrected chi connectivity index (χ1v) is 7.69. The molecule has 1 amide bonds. The molecule has 1 N–H and O–H groups in total. The summed E-state index contributed by atoms with van der Waals surface area (Å²) in [4.78, 5) is 18.6. The molecule has 3 aromatic rings. The van der Waals surface area contributed by atoms with Gasteiger partial charge in [0, 0.05) is 24.7 Å². The molecule has 4 nitrogen and oxygen atoms in total. The molecule has 1 aliphatic heterocycles. The SMILES string of the molecule is Cc1c2c(c(O)c3ncccc13)C(=O)N(Cc1ccc(F)cc1)C2. The van der Waals surface area contributed by atoms with Gasteiger partial charge in [0.15, 0.2) is 5.75 Å². The molecule has 0 unspecified atom stereocenters. The summed E-state index contributed by atoms with van der Waals surface area (Å²) in [5.74, 6) is -0.583. The van der Waals surface area contributed by atoms with Crippen molar-refractivity contribution in [1.29, 1.82) is 0 Å². The number of benzene rings is 2. The normalized spacial score (nSPS) is 13.6. The number of hydrogen-bond donors (Lipinski definition) is 1. The molecule has 0 bridgehead atoms. The van der Waals surface area contributed by atoms with E-state index in [1.807, 2.05) is 19.1 Å². The second-order valence-electron chi connectivity index (χ2n) is 6.01. The lowest BCUT2D eigenvalue weighted by atomic mass is 9.98. The molecule has 0 radical (unpaired) electrons. The van der Waals surface area contributed by atoms with E-state index >= 15 is 0 Å². The summed E-state index contributed by atoms with van der Waals surface area (Å²) >= 11 is 0. The molecule has 1 aromatic heterocycles. The fourth-order valence-electron chi connectivity index (χ4n) is 3.29. The minimum absolute atomic E-state index is 0.0576. The Labute approximate surface area is 138 Å². The molecule has 0 aliphatic carbocycles. The van der Waals surface area contributed by atoms with E-state index in [0.717, 1.165) is 22.1 Å². The maximum absolute atomic E-state index is 13.0. The fourth-order valence-corrected chi connectivity index (χ4v) is 3.29. The number of halogens is 1. The second-order valence-corrected chi connectivity index (χ2v) is 6.01. The van der Waals surface area contributed by atoms with E-state index in [1.54, 1.807) is 23.2 Å². The third kappa shape index (κ3) is 2.12. The van der Waals surface area contributed by atoms with Crippen LogP contribution in [0, 0.1) is 12.7 Å². The van der Waals surface area contributed by atoms with Crippen LogP contribution in [0.1, 0.15) is 27.0 Å². The largest absolute Gasteiger partial charge is 0.505 e. The molecular weight excluding hydrogens is 307 g/mol. The predicted octanol–water partition coefficient (Wildman–Crippen LogP) is 3.54. The van der Waals surface area contributed by atoms with E-state index in [2.05, 4.69) is 4.98 Å². The number of pyridine rings is 1. The van der Waals surface area contributed by atoms with Crippen molar-refractivity contribution in [2.45, 2.75) is 20.0 Å². The first-order chi connectivity index (χ1) is 11.6. The number of aromatic nitrogens is 1. The molecule has 0 saturated heterocycles. The van der Waals surface area contributed by atoms with Crippen LogP contribution in [-0.2, 0) is 13.1 Å². The lowest BCUT2D eigenvalue weighted by molar-refractivity contribution is 0.0764. The number of nitrogens with zero attached hydrogens (tertiary/aromatic N) is 2. The summed E-state index contributed by atoms with van der Waals surface area (Å²) in [7, 11) is 0. The quantitative estimate of drug-likeness (QED) is 0.785. The van der Waals surface area contributed by atoms with Crippen LogP contribution >= 0.6 is 0 Å². The number of rotatable bonds is 2. The van der Waals surface area contributed by atoms with Gasteiger partial charge >= 0.3 is 0 Å². The van der Waals surface area contributed by atoms with Crippen LogP contribution in [-0.4, -0.2) is 20.9 Å². The van der Waals surface area contributed by atoms with Crippen molar-refractivity contribution in [2.75, 3.05) is 0 Å². The van der Waals surface area contributed by atoms with E-state index in [-0.39, 0.29) is 17.5 Å². The van der Waals surface area contributed by atoms with Crippen molar-refractivity contribution in [3.05, 3.63) is 70.7 Å². The Hall–Kier alpha value is -2.95. The second kappa shape index (κ2) is 5.30. The highest BCUT2D eigenvalue weighted by atomic mass is 19.1. The van der Waals surface area contributed by atoms with Gasteiger partial charge < -0.3 is 10.0 Å². The number of aromatic hydroxyl groups is 1. The highest BCUT2D eigenvalue weighted by Gasteiger charge is 2.33. The Balaban J connectivity index is 1.77. The molecule has 0 saturated carbocycles. The standard InChI is InChI=1S/C19H15FN2O2/c1-11-14-3-2-8-21-17(14)18(23)16-15(11)10-22(19(16)24)9-12-4-6-13(20)7-5-12/h2-8,23H,9-10H2,1H3. The van der Waals surface area contributed by atoms with Gasteiger partial charge in [0.2, 0.25) is 0 Å². The van der Waals surface area contributed by atoms with Gasteiger partial charge in [-0.25, -0.2) is 4.39 Å². The van der Waals surface area contributed by atoms with Crippen LogP contribution in [0.25, 0.3) is 10.9 Å². The van der Waals surface area contributed by atoms with Crippen LogP contribution in [0.4, 0.5) is 4.39 Å². The van der Waals surface area contributed by atoms with Crippen LogP contribution in [0.5, 0.6) is 5.75 Å². The van der Waals surface area contributed by atoms with E-state index in [4.69, 9.17) is 0 Å². The van der Waals surface area contributed by atoms with Gasteiger partial charge in [0.25, 0.3) is 5.91 Å². The van der Waals surface area contributed by atoms with Crippen molar-refractivity contribution in [2.24, 2.45) is 0 Å². The average Bonchev–Trinajstić information content (AvgIpc) is 2.92. The summed E-state index contributed by atoms with van der Waals surface area (Å²) < 4.78 is 13.0. The van der Waals surface area contributed by atoms with Gasteiger partial charge in [0.1, 0.15) is 11.3 Å². The maximum Gasteiger partial charge on any atom is 0.258 e. The number of hydrogen-bond acceptors (Lipinski definition) is 3. The third-order valence-electron chi connectivity index (χ3n) is 4.56. The molecule has 1 aliphatic rings. The Bertz CT molecular complexity index is 967. The Morgan fingerprint density at radius 3 is 2.75 bits per heavy atom. The zero-order valence-corrected chi connectivity index (χ0v) is 13.1. The summed E-state index contributed by atoms with van der Waals surface area (Å²) in [6.45, 7) is 2.74. The van der Waals surface area contributed by atoms with Gasteiger partial charge in [-0.2, -0.15) is 0 Å². The van der Waals surface area contributed by atoms with Gasteiger partial charge in [-0.1, -0.05) is 18.2 Å². The lowest BCUT2D eigenvalue weighted by Gasteiger charge is -2.15. The highest BCUT2D eigenvalue weighted by Crippen LogP contribution is 2.39. The highest BCUT2D eigenvalue weighted by molar-refractivity contribution is 6.07. The van der Waals surface area contributed by atoms with Crippen LogP contribution < -0.4 is 0 Å². The van der Waals surface area contributed by atoms with Crippen molar-refractivity contribution in [1.82, 2.24) is 9.88 Å². The summed E-state index contributed by atoms with van der Waals surface area (Å²) in [6, 6.07) is 9.79. The molecule has 4 rings (SSSR count). The van der Waals surface area contributed by atoms with Crippen molar-refractivity contribution < 1.29 is 14.3 Å². The zero-order valence-electron chi connectivity index (χ0n) is 13.1. The molecule has 0 atom stereocenters. The Morgan fingerprint density at radius 2 is 2.00 bits per heavy atom. The number of carbonyl (C=O) groups is 1. The number of carbonyl (C=O) groups excluding carboxylic acids is 1. The van der Waals surface area contributed by atoms with Crippen molar-refractivity contribution in [3.8, 4) is 5.75 Å². The van der Waals surface area contributed by atoms with Crippen LogP contribution in [0.2, 0.25) is 0 Å². The minimum Gasteiger partial charge on any atom is -0.505 e. The third-order valence-corrected chi connectivity index (χ3v) is 4.56. The van der Waals surface area contributed by atoms with E-state index in [0.29, 0.717) is 24.2 Å². The van der Waals surface area contributed by atoms with Gasteiger partial charge in [-0.05, 0) is 41.8 Å². The molecule has 2 heterocycles. The molecule has 5 heteroatoms. The zero-order chi connectivity index (χ0) is 16.8. The topological polar surface area (TPSA) is 53.4 Å². The summed E-state index contributed by atoms with van der Waals surface area (Å²) in [5.41, 5.74) is 3.42. The first-order valence-electron chi connectivity index (χ1n) is 7.69. The summed E-state index contributed by atoms with van der Waals surface area (Å²) in [6.07, 6.45) is 1.60. The fraction of sp³-hybridized carbons (Fsp3) is 0.158. The monoisotopic (exact) mass is 322 g/mol. The van der Waals surface area contributed by atoms with Gasteiger partial charge in [-0.3, -0.25) is 9.78 Å². The van der Waals surface area contributed by atoms with Crippen molar-refractivity contribution >= 4 is 16.8 Å². The number of aryl methyl sites for hydroxylation is 1. The van der Waals surface area contributed by atoms with Crippen LogP contribution in [0.15, 0.2) is 42.6 Å². The number of fused-ring (bicyclic) bond motifs is 2. The maximum atomic E-state index is 13.0. The molecule has 0 spiro atoms. The smallest absolute Gasteiger partial charge is 0.258 e. The molecule has 24 heavy (non-hydrogen) atoms. The van der Waals surface area contributed by atoms with E-state index < -0.39 is 0 Å². The van der Waals surface area contributed by atoms with E-state index in [1.165, 1.54) is 12.1 Å². The number of phenolic OH excluding ortho intramolecular Hbond substituents is 1. The van der Waals surface area contributed by atoms with Crippen molar-refractivity contribution in [3.63, 3.8) is 0 Å². The number of amides is 1. The molecule has 120 valence electrons. The Morgan fingerprint density at radius 1 is 1.25 bits per heavy atom. The average molecular weight is 322 g/mol. The Kier molecular flexibility index (Phi) is 3.23. The minimum atomic E-state index is -0.305. The van der Waals surface area contributed by atoms with E-state index in [9.17, 15) is 14.3 Å². The molecular formula is C19H15FN2O2. The first kappa shape index (κ1) is 14.6.